The third-order valence-corrected chi connectivity index (χ3v) is 31.1. The van der Waals surface area contributed by atoms with Crippen molar-refractivity contribution in [2.45, 2.75) is 363 Å². The molecule has 1 saturated heterocycles. The van der Waals surface area contributed by atoms with Gasteiger partial charge in [-0.15, -0.1) is 0 Å². The number of ether oxygens (including phenoxy) is 2. The molecular weight excluding hydrogens is 1750 g/mol. The first-order valence-corrected chi connectivity index (χ1v) is 56.2. The average molecular weight is 1910 g/mol. The third kappa shape index (κ3) is 34.7. The Balaban J connectivity index is 0.000000271. The second-order valence-electron chi connectivity index (χ2n) is 41.9. The predicted octanol–water partition coefficient (Wildman–Crippen LogP) is 27.4. The molecule has 0 radical (unpaired) electrons. The zero-order valence-electron chi connectivity index (χ0n) is 77.6. The van der Waals surface area contributed by atoms with Crippen molar-refractivity contribution in [2.24, 2.45) is 0 Å². The number of hydrogen-bond acceptors (Lipinski definition) is 4. The number of benzene rings is 6. The quantitative estimate of drug-likeness (QED) is 0.0288. The van der Waals surface area contributed by atoms with Crippen molar-refractivity contribution in [3.8, 4) is 11.5 Å². The summed E-state index contributed by atoms with van der Waals surface area (Å²) in [5.74, 6) is 1.82. The Hall–Kier alpha value is -3.65. The second-order valence-corrected chi connectivity index (χ2v) is 56.8. The van der Waals surface area contributed by atoms with Crippen LogP contribution in [0.5, 0.6) is 11.5 Å². The van der Waals surface area contributed by atoms with E-state index >= 15 is 0 Å². The zero-order valence-corrected chi connectivity index (χ0v) is 85.1. The Labute approximate surface area is 743 Å². The first-order valence-electron chi connectivity index (χ1n) is 43.5. The summed E-state index contributed by atoms with van der Waals surface area (Å²) in [6, 6.07) is 44.4. The van der Waals surface area contributed by atoms with Gasteiger partial charge in [-0.1, -0.05) is 210 Å². The van der Waals surface area contributed by atoms with Crippen molar-refractivity contribution >= 4 is 92.5 Å². The molecule has 2 heterocycles. The van der Waals surface area contributed by atoms with Crippen LogP contribution in [0.15, 0.2) is 121 Å². The first kappa shape index (κ1) is 105. The molecule has 3 saturated carbocycles. The fourth-order valence-electron chi connectivity index (χ4n) is 15.7. The Kier molecular flexibility index (Phi) is 40.9. The number of halogens is 8. The molecule has 3 aliphatic carbocycles. The molecule has 0 unspecified atom stereocenters. The van der Waals surface area contributed by atoms with Crippen molar-refractivity contribution in [3.05, 3.63) is 184 Å². The molecule has 1 N–H and O–H groups in total. The molecule has 18 heteroatoms. The number of aliphatic hydroxyl groups is 1. The Morgan fingerprint density at radius 1 is 0.432 bits per heavy atom. The van der Waals surface area contributed by atoms with Crippen molar-refractivity contribution in [3.63, 3.8) is 0 Å². The average Bonchev–Trinajstić information content (AvgIpc) is 1.56. The van der Waals surface area contributed by atoms with Crippen LogP contribution in [-0.2, 0) is 70.4 Å². The summed E-state index contributed by atoms with van der Waals surface area (Å²) in [7, 11) is 19.6. The summed E-state index contributed by atoms with van der Waals surface area (Å²) in [6.07, 6.45) is 26.6. The van der Waals surface area contributed by atoms with E-state index in [4.69, 9.17) is 43.5 Å². The molecule has 118 heavy (non-hydrogen) atoms. The number of rotatable bonds is 13. The normalized spacial score (nSPS) is 16.5. The van der Waals surface area contributed by atoms with Crippen LogP contribution in [0.3, 0.4) is 0 Å². The molecule has 11 rings (SSSR count). The van der Waals surface area contributed by atoms with E-state index in [1.807, 2.05) is 85.4 Å². The van der Waals surface area contributed by atoms with Crippen LogP contribution in [0.1, 0.15) is 346 Å². The SMILES string of the molecule is C1CCC([PH+](C2CCCCC2)C2CCCCC2)CC1.CC(C)(C)c1cc(N2C=[N+](c3cc(C(C)(C)C)cc(C(C)(C)C)c3)CC2)cc(C(C)(C)C)c1.CC(C)(C)c1cc(N2[CH-]N(c3cc(C(C)(C)C)cc(C(C)(C)C)c3)CC2)cc(C(C)(C)C)c1.CC(C)Oc1ccccc1[CH]=[Ru]([Cl])[Cl].CC(C)[OH+]c1ccccc1[CH]=[Ru]([Cl])[Cl].FB(F)F.[F-]. The molecule has 0 amide bonds. The summed E-state index contributed by atoms with van der Waals surface area (Å²) in [5.41, 5.74) is 23.1. The molecule has 0 spiro atoms. The first-order chi connectivity index (χ1) is 54.1. The maximum absolute atomic E-state index is 9.67. The summed E-state index contributed by atoms with van der Waals surface area (Å²) in [4.78, 5) is 7.31. The number of nitrogens with zero attached hydrogens (tertiary/aromatic N) is 4. The molecule has 6 aromatic carbocycles. The standard InChI is InChI=1S/2C31H47N2.C18H33P.2C10H12O.BF3.4ClH.FH.2Ru/c2*1-28(2,3)22-15-23(29(4,5)6)18-26(17-22)32-13-14-33(21-32)27-19-24(30(7,8)9)16-25(20-27)31(10,11)12;1-4-10-16(11-5-1)19(17-12-6-2-7-13-17)18-14-8-3-9-15-18;2*1-8(2)11-10-7-5-4-6-9(10)3;2-1(3)4;;;;;;;/h2*15-21H,13-14H2,1-12H3;16-18H,1-15H2;2*3-8H,1-2H3;;5*1H;;/q-1;+1;;;;;;;;;;2*+2/p-3. The smallest absolute Gasteiger partial charge is 0.762 e. The van der Waals surface area contributed by atoms with E-state index < -0.39 is 34.6 Å². The molecule has 0 atom stereocenters. The minimum atomic E-state index is -3.67. The minimum Gasteiger partial charge on any atom is -1.00 e. The number of anilines is 3. The van der Waals surface area contributed by atoms with Gasteiger partial charge in [0.25, 0.3) is 0 Å². The van der Waals surface area contributed by atoms with Crippen LogP contribution in [0, 0.1) is 6.67 Å². The van der Waals surface area contributed by atoms with Crippen molar-refractivity contribution in [1.82, 2.24) is 0 Å². The Morgan fingerprint density at radius 2 is 0.729 bits per heavy atom. The van der Waals surface area contributed by atoms with Gasteiger partial charge in [0.2, 0.25) is 6.34 Å². The topological polar surface area (TPSA) is 34.8 Å². The summed E-state index contributed by atoms with van der Waals surface area (Å²) in [5, 5.41) is 0. The van der Waals surface area contributed by atoms with Gasteiger partial charge in [-0.3, -0.25) is 12.9 Å². The number of aromatic hydroxyl groups is 1. The van der Waals surface area contributed by atoms with E-state index in [2.05, 4.69) is 276 Å². The molecule has 0 aromatic heterocycles. The van der Waals surface area contributed by atoms with E-state index in [-0.39, 0.29) is 68.2 Å². The van der Waals surface area contributed by atoms with Crippen molar-refractivity contribution in [2.75, 3.05) is 40.9 Å². The molecule has 0 bridgehead atoms. The van der Waals surface area contributed by atoms with Gasteiger partial charge in [0.1, 0.15) is 24.5 Å². The van der Waals surface area contributed by atoms with Gasteiger partial charge in [-0.2, -0.15) is 6.67 Å². The van der Waals surface area contributed by atoms with Gasteiger partial charge in [0, 0.05) is 32.4 Å². The van der Waals surface area contributed by atoms with Crippen molar-refractivity contribution < 1.29 is 58.7 Å². The van der Waals surface area contributed by atoms with Crippen LogP contribution >= 0.6 is 46.7 Å². The van der Waals surface area contributed by atoms with Gasteiger partial charge in [0.05, 0.1) is 17.0 Å². The Bertz CT molecular complexity index is 3860. The second kappa shape index (κ2) is 46.0. The van der Waals surface area contributed by atoms with E-state index in [9.17, 15) is 12.9 Å². The van der Waals surface area contributed by atoms with Gasteiger partial charge in [-0.05, 0) is 213 Å². The molecule has 664 valence electrons. The minimum absolute atomic E-state index is 0. The third-order valence-electron chi connectivity index (χ3n) is 22.9. The fraction of sp³-hybridized carbons (Fsp3) is 0.600. The van der Waals surface area contributed by atoms with Gasteiger partial charge in [-0.25, -0.2) is 9.48 Å². The monoisotopic (exact) mass is 1900 g/mol. The van der Waals surface area contributed by atoms with E-state index in [0.717, 1.165) is 48.8 Å². The maximum atomic E-state index is 9.67. The molecule has 6 nitrogen and oxygen atoms in total. The van der Waals surface area contributed by atoms with Crippen molar-refractivity contribution in [1.29, 1.82) is 0 Å². The van der Waals surface area contributed by atoms with Gasteiger partial charge in [0.15, 0.2) is 0 Å². The molecule has 4 fully saturated rings. The predicted molar refractivity (Wildman–Crippen MR) is 510 cm³/mol. The van der Waals surface area contributed by atoms with Gasteiger partial charge >= 0.3 is 203 Å². The number of hydrogen-bond donors (Lipinski definition) is 0. The fourth-order valence-corrected chi connectivity index (χ4v) is 24.6. The van der Waals surface area contributed by atoms with E-state index in [0.29, 0.717) is 0 Å². The van der Waals surface area contributed by atoms with E-state index in [1.165, 1.54) is 84.2 Å². The van der Waals surface area contributed by atoms with Crippen LogP contribution in [0.2, 0.25) is 0 Å². The maximum Gasteiger partial charge on any atom is 0.762 e. The van der Waals surface area contributed by atoms with Crippen LogP contribution in [-0.4, -0.2) is 87.8 Å². The molecule has 6 aromatic rings. The zero-order chi connectivity index (χ0) is 87.6. The molecular formula is C100H153BCl4F4N4O2PRu2+. The molecule has 2 aliphatic heterocycles. The molecule has 5 aliphatic rings. The van der Waals surface area contributed by atoms with Crippen LogP contribution in [0.25, 0.3) is 0 Å². The summed E-state index contributed by atoms with van der Waals surface area (Å²) in [6.45, 7) is 69.9. The Morgan fingerprint density at radius 3 is 1.04 bits per heavy atom. The largest absolute Gasteiger partial charge is 1.00 e. The summed E-state index contributed by atoms with van der Waals surface area (Å²) < 4.78 is 45.4. The van der Waals surface area contributed by atoms with Crippen LogP contribution < -0.4 is 24.1 Å². The number of para-hydroxylation sites is 2. The van der Waals surface area contributed by atoms with E-state index in [1.54, 1.807) is 96.3 Å². The summed E-state index contributed by atoms with van der Waals surface area (Å²) >= 11 is -3.52. The van der Waals surface area contributed by atoms with Gasteiger partial charge < -0.3 is 14.5 Å². The van der Waals surface area contributed by atoms with Crippen LogP contribution in [0.4, 0.5) is 35.7 Å².